The standard InChI is InChI=1S/C10H12N4O2S/c1-7-5-17-6-8(7)10-11-12-13-14(10)4-2-3-9(15)16/h5-6H,2-4H2,1H3,(H,15,16). The Morgan fingerprint density at radius 1 is 1.53 bits per heavy atom. The molecule has 90 valence electrons. The number of hydrogen-bond donors (Lipinski definition) is 1. The molecule has 2 rings (SSSR count). The zero-order valence-corrected chi connectivity index (χ0v) is 10.1. The lowest BCUT2D eigenvalue weighted by Crippen LogP contribution is -2.05. The molecule has 7 heteroatoms. The Kier molecular flexibility index (Phi) is 3.48. The zero-order valence-electron chi connectivity index (χ0n) is 9.33. The number of nitrogens with zero attached hydrogens (tertiary/aromatic N) is 4. The summed E-state index contributed by atoms with van der Waals surface area (Å²) in [7, 11) is 0. The van der Waals surface area contributed by atoms with E-state index in [4.69, 9.17) is 5.11 Å². The molecule has 0 spiro atoms. The Hall–Kier alpha value is -1.76. The van der Waals surface area contributed by atoms with Gasteiger partial charge in [-0.15, -0.1) is 5.10 Å². The predicted octanol–water partition coefficient (Wildman–Crippen LogP) is 1.57. The molecular weight excluding hydrogens is 240 g/mol. The van der Waals surface area contributed by atoms with Gasteiger partial charge < -0.3 is 5.11 Å². The lowest BCUT2D eigenvalue weighted by molar-refractivity contribution is -0.137. The number of thiophene rings is 1. The lowest BCUT2D eigenvalue weighted by atomic mass is 10.2. The number of carbonyl (C=O) groups is 1. The predicted molar refractivity (Wildman–Crippen MR) is 62.7 cm³/mol. The fourth-order valence-electron chi connectivity index (χ4n) is 1.52. The summed E-state index contributed by atoms with van der Waals surface area (Å²) in [6, 6.07) is 0. The average molecular weight is 252 g/mol. The summed E-state index contributed by atoms with van der Waals surface area (Å²) >= 11 is 1.60. The van der Waals surface area contributed by atoms with Crippen molar-refractivity contribution in [3.8, 4) is 11.4 Å². The van der Waals surface area contributed by atoms with Crippen molar-refractivity contribution in [3.63, 3.8) is 0 Å². The average Bonchev–Trinajstić information content (AvgIpc) is 2.86. The van der Waals surface area contributed by atoms with Crippen molar-refractivity contribution >= 4 is 17.3 Å². The van der Waals surface area contributed by atoms with Gasteiger partial charge in [0.25, 0.3) is 0 Å². The summed E-state index contributed by atoms with van der Waals surface area (Å²) in [4.78, 5) is 10.4. The maximum Gasteiger partial charge on any atom is 0.303 e. The van der Waals surface area contributed by atoms with Crippen molar-refractivity contribution in [1.82, 2.24) is 20.2 Å². The van der Waals surface area contributed by atoms with Crippen LogP contribution in [0.5, 0.6) is 0 Å². The van der Waals surface area contributed by atoms with E-state index < -0.39 is 5.97 Å². The molecule has 1 N–H and O–H groups in total. The van der Waals surface area contributed by atoms with Gasteiger partial charge in [-0.2, -0.15) is 11.3 Å². The molecule has 6 nitrogen and oxygen atoms in total. The second-order valence-electron chi connectivity index (χ2n) is 3.69. The first-order chi connectivity index (χ1) is 8.18. The number of hydrogen-bond acceptors (Lipinski definition) is 5. The van der Waals surface area contributed by atoms with Gasteiger partial charge in [-0.3, -0.25) is 4.79 Å². The molecule has 0 atom stereocenters. The molecule has 0 aromatic carbocycles. The van der Waals surface area contributed by atoms with Crippen LogP contribution in [0.4, 0.5) is 0 Å². The zero-order chi connectivity index (χ0) is 12.3. The molecular formula is C10H12N4O2S. The number of carboxylic acid groups (broad SMARTS) is 1. The minimum Gasteiger partial charge on any atom is -0.481 e. The molecule has 0 fully saturated rings. The van der Waals surface area contributed by atoms with Crippen molar-refractivity contribution in [2.24, 2.45) is 0 Å². The van der Waals surface area contributed by atoms with Crippen LogP contribution in [0.2, 0.25) is 0 Å². The van der Waals surface area contributed by atoms with E-state index in [-0.39, 0.29) is 6.42 Å². The molecule has 17 heavy (non-hydrogen) atoms. The van der Waals surface area contributed by atoms with E-state index in [1.165, 1.54) is 0 Å². The number of aryl methyl sites for hydroxylation is 2. The number of carboxylic acids is 1. The summed E-state index contributed by atoms with van der Waals surface area (Å²) in [6.45, 7) is 2.52. The highest BCUT2D eigenvalue weighted by Crippen LogP contribution is 2.24. The SMILES string of the molecule is Cc1cscc1-c1nnnn1CCCC(=O)O. The van der Waals surface area contributed by atoms with Crippen LogP contribution >= 0.6 is 11.3 Å². The van der Waals surface area contributed by atoms with Gasteiger partial charge in [0.2, 0.25) is 0 Å². The molecule has 2 aromatic heterocycles. The van der Waals surface area contributed by atoms with Crippen LogP contribution < -0.4 is 0 Å². The fourth-order valence-corrected chi connectivity index (χ4v) is 2.34. The number of aromatic nitrogens is 4. The molecule has 0 radical (unpaired) electrons. The van der Waals surface area contributed by atoms with E-state index in [0.29, 0.717) is 18.8 Å². The Labute approximate surface area is 102 Å². The van der Waals surface area contributed by atoms with Crippen LogP contribution in [0.25, 0.3) is 11.4 Å². The van der Waals surface area contributed by atoms with Gasteiger partial charge in [-0.25, -0.2) is 4.68 Å². The molecule has 2 heterocycles. The van der Waals surface area contributed by atoms with Crippen molar-refractivity contribution in [2.75, 3.05) is 0 Å². The van der Waals surface area contributed by atoms with Crippen molar-refractivity contribution in [1.29, 1.82) is 0 Å². The normalized spacial score (nSPS) is 10.6. The van der Waals surface area contributed by atoms with Crippen molar-refractivity contribution in [2.45, 2.75) is 26.3 Å². The van der Waals surface area contributed by atoms with Gasteiger partial charge >= 0.3 is 5.97 Å². The second-order valence-corrected chi connectivity index (χ2v) is 4.43. The highest BCUT2D eigenvalue weighted by atomic mass is 32.1. The number of aliphatic carboxylic acids is 1. The van der Waals surface area contributed by atoms with Gasteiger partial charge in [0, 0.05) is 23.9 Å². The third-order valence-corrected chi connectivity index (χ3v) is 3.25. The molecule has 0 aliphatic rings. The van der Waals surface area contributed by atoms with Crippen molar-refractivity contribution in [3.05, 3.63) is 16.3 Å². The number of rotatable bonds is 5. The molecule has 0 bridgehead atoms. The monoisotopic (exact) mass is 252 g/mol. The van der Waals surface area contributed by atoms with Crippen molar-refractivity contribution < 1.29 is 9.90 Å². The Morgan fingerprint density at radius 2 is 2.35 bits per heavy atom. The molecule has 0 saturated carbocycles. The molecule has 0 aliphatic carbocycles. The molecule has 0 saturated heterocycles. The molecule has 0 aliphatic heterocycles. The third kappa shape index (κ3) is 2.68. The van der Waals surface area contributed by atoms with E-state index in [1.807, 2.05) is 17.7 Å². The largest absolute Gasteiger partial charge is 0.481 e. The Balaban J connectivity index is 2.12. The van der Waals surface area contributed by atoms with Crippen LogP contribution in [-0.4, -0.2) is 31.3 Å². The van der Waals surface area contributed by atoms with Gasteiger partial charge in [0.1, 0.15) is 0 Å². The van der Waals surface area contributed by atoms with E-state index in [1.54, 1.807) is 16.0 Å². The van der Waals surface area contributed by atoms with Gasteiger partial charge in [-0.05, 0) is 34.7 Å². The molecule has 0 unspecified atom stereocenters. The van der Waals surface area contributed by atoms with Crippen LogP contribution in [0.3, 0.4) is 0 Å². The topological polar surface area (TPSA) is 80.9 Å². The quantitative estimate of drug-likeness (QED) is 0.873. The lowest BCUT2D eigenvalue weighted by Gasteiger charge is -2.02. The van der Waals surface area contributed by atoms with E-state index in [2.05, 4.69) is 15.5 Å². The summed E-state index contributed by atoms with van der Waals surface area (Å²) in [6.07, 6.45) is 0.651. The second kappa shape index (κ2) is 5.05. The Bertz CT molecular complexity index is 520. The maximum atomic E-state index is 10.4. The summed E-state index contributed by atoms with van der Waals surface area (Å²) < 4.78 is 1.65. The van der Waals surface area contributed by atoms with Crippen LogP contribution in [0.15, 0.2) is 10.8 Å². The van der Waals surface area contributed by atoms with E-state index in [0.717, 1.165) is 11.1 Å². The van der Waals surface area contributed by atoms with E-state index >= 15 is 0 Å². The van der Waals surface area contributed by atoms with Crippen LogP contribution in [0.1, 0.15) is 18.4 Å². The molecule has 0 amide bonds. The minimum absolute atomic E-state index is 0.127. The third-order valence-electron chi connectivity index (χ3n) is 2.39. The molecule has 2 aromatic rings. The van der Waals surface area contributed by atoms with Crippen LogP contribution in [-0.2, 0) is 11.3 Å². The van der Waals surface area contributed by atoms with Gasteiger partial charge in [0.05, 0.1) is 0 Å². The smallest absolute Gasteiger partial charge is 0.303 e. The minimum atomic E-state index is -0.800. The fraction of sp³-hybridized carbons (Fsp3) is 0.400. The maximum absolute atomic E-state index is 10.4. The first kappa shape index (κ1) is 11.7. The Morgan fingerprint density at radius 3 is 3.00 bits per heavy atom. The summed E-state index contributed by atoms with van der Waals surface area (Å²) in [5.41, 5.74) is 2.14. The van der Waals surface area contributed by atoms with Gasteiger partial charge in [0.15, 0.2) is 5.82 Å². The van der Waals surface area contributed by atoms with Crippen LogP contribution in [0, 0.1) is 6.92 Å². The summed E-state index contributed by atoms with van der Waals surface area (Å²) in [5, 5.41) is 24.1. The first-order valence-corrected chi connectivity index (χ1v) is 6.14. The van der Waals surface area contributed by atoms with E-state index in [9.17, 15) is 4.79 Å². The number of tetrazole rings is 1. The highest BCUT2D eigenvalue weighted by molar-refractivity contribution is 7.08. The first-order valence-electron chi connectivity index (χ1n) is 5.19. The van der Waals surface area contributed by atoms with Gasteiger partial charge in [-0.1, -0.05) is 0 Å². The summed E-state index contributed by atoms with van der Waals surface area (Å²) in [5.74, 6) is -0.0968. The highest BCUT2D eigenvalue weighted by Gasteiger charge is 2.12.